The molecule has 28 heavy (non-hydrogen) atoms. The Kier molecular flexibility index (Phi) is 11.0. The Labute approximate surface area is 170 Å². The Bertz CT molecular complexity index is 601. The Morgan fingerprint density at radius 1 is 1.04 bits per heavy atom. The number of carbonyl (C=O) groups excluding carboxylic acids is 5. The molecule has 0 rings (SSSR count). The van der Waals surface area contributed by atoms with E-state index in [2.05, 4.69) is 5.32 Å². The van der Waals surface area contributed by atoms with Gasteiger partial charge in [-0.2, -0.15) is 0 Å². The van der Waals surface area contributed by atoms with Crippen LogP contribution in [-0.2, 0) is 33.4 Å². The summed E-state index contributed by atoms with van der Waals surface area (Å²) in [5.41, 5.74) is 0. The predicted molar refractivity (Wildman–Crippen MR) is 106 cm³/mol. The lowest BCUT2D eigenvalue weighted by atomic mass is 10.0. The van der Waals surface area contributed by atoms with Gasteiger partial charge in [-0.05, 0) is 41.0 Å². The number of amides is 1. The molecular formula is C19H31NO7S. The molecule has 0 radical (unpaired) electrons. The van der Waals surface area contributed by atoms with Crippen LogP contribution in [0.1, 0.15) is 61.3 Å². The summed E-state index contributed by atoms with van der Waals surface area (Å²) in [6.07, 6.45) is -0.547. The lowest BCUT2D eigenvalue weighted by molar-refractivity contribution is -0.157. The second-order valence-corrected chi connectivity index (χ2v) is 8.85. The van der Waals surface area contributed by atoms with E-state index in [-0.39, 0.29) is 18.4 Å². The number of hydrogen-bond donors (Lipinski definition) is 1. The van der Waals surface area contributed by atoms with Crippen LogP contribution in [0.4, 0.5) is 0 Å². The van der Waals surface area contributed by atoms with Crippen molar-refractivity contribution in [2.24, 2.45) is 5.92 Å². The van der Waals surface area contributed by atoms with Gasteiger partial charge in [-0.1, -0.05) is 25.6 Å². The number of ether oxygens (including phenoxy) is 2. The topological polar surface area (TPSA) is 116 Å². The first-order chi connectivity index (χ1) is 12.8. The van der Waals surface area contributed by atoms with E-state index in [9.17, 15) is 24.0 Å². The average Bonchev–Trinajstić information content (AvgIpc) is 2.57. The maximum absolute atomic E-state index is 12.4. The number of thioether (sulfide) groups is 1. The van der Waals surface area contributed by atoms with Crippen molar-refractivity contribution >= 4 is 40.5 Å². The van der Waals surface area contributed by atoms with Crippen LogP contribution in [0.25, 0.3) is 0 Å². The van der Waals surface area contributed by atoms with Crippen molar-refractivity contribution in [1.82, 2.24) is 5.32 Å². The predicted octanol–water partition coefficient (Wildman–Crippen LogP) is 2.03. The summed E-state index contributed by atoms with van der Waals surface area (Å²) in [6.45, 7) is 11.7. The van der Waals surface area contributed by atoms with Gasteiger partial charge in [-0.15, -0.1) is 0 Å². The van der Waals surface area contributed by atoms with Crippen LogP contribution in [-0.4, -0.2) is 52.2 Å². The highest BCUT2D eigenvalue weighted by molar-refractivity contribution is 8.14. The molecule has 0 bridgehead atoms. The molecule has 160 valence electrons. The normalized spacial score (nSPS) is 13.4. The third kappa shape index (κ3) is 8.86. The van der Waals surface area contributed by atoms with Crippen molar-refractivity contribution in [3.63, 3.8) is 0 Å². The quantitative estimate of drug-likeness (QED) is 0.308. The van der Waals surface area contributed by atoms with E-state index in [0.717, 1.165) is 0 Å². The van der Waals surface area contributed by atoms with E-state index >= 15 is 0 Å². The maximum Gasteiger partial charge on any atom is 0.375 e. The largest absolute Gasteiger partial charge is 0.464 e. The zero-order valence-corrected chi connectivity index (χ0v) is 18.4. The SMILES string of the molecule is CCOC(=O)C(NC(=O)C(C)CC)C(C)(C)SC(=O)CC(=O)C(=O)OC(C)C. The molecule has 1 amide bonds. The molecule has 0 spiro atoms. The highest BCUT2D eigenvalue weighted by atomic mass is 32.2. The van der Waals surface area contributed by atoms with Gasteiger partial charge in [0.1, 0.15) is 6.04 Å². The Balaban J connectivity index is 5.23. The van der Waals surface area contributed by atoms with Gasteiger partial charge in [0.15, 0.2) is 5.12 Å². The van der Waals surface area contributed by atoms with Gasteiger partial charge < -0.3 is 14.8 Å². The van der Waals surface area contributed by atoms with Crippen LogP contribution in [0.2, 0.25) is 0 Å². The molecule has 0 aromatic carbocycles. The first-order valence-corrected chi connectivity index (χ1v) is 10.1. The first kappa shape index (κ1) is 26.1. The number of Topliss-reactive ketones (excluding diaryl/α,β-unsaturated/α-hetero) is 1. The fourth-order valence-electron chi connectivity index (χ4n) is 2.08. The number of ketones is 1. The van der Waals surface area contributed by atoms with E-state index in [0.29, 0.717) is 18.2 Å². The van der Waals surface area contributed by atoms with E-state index < -0.39 is 46.2 Å². The molecule has 8 nitrogen and oxygen atoms in total. The second-order valence-electron chi connectivity index (χ2n) is 7.13. The van der Waals surface area contributed by atoms with E-state index in [1.54, 1.807) is 41.5 Å². The minimum absolute atomic E-state index is 0.114. The van der Waals surface area contributed by atoms with Crippen LogP contribution in [0.3, 0.4) is 0 Å². The molecule has 2 unspecified atom stereocenters. The highest BCUT2D eigenvalue weighted by Gasteiger charge is 2.41. The third-order valence-electron chi connectivity index (χ3n) is 3.82. The molecule has 0 aromatic rings. The summed E-state index contributed by atoms with van der Waals surface area (Å²) in [5, 5.41) is 2.03. The molecule has 2 atom stereocenters. The molecule has 0 aliphatic heterocycles. The van der Waals surface area contributed by atoms with E-state index in [1.165, 1.54) is 0 Å². The van der Waals surface area contributed by atoms with Gasteiger partial charge in [0.05, 0.1) is 19.1 Å². The van der Waals surface area contributed by atoms with Crippen molar-refractivity contribution in [1.29, 1.82) is 0 Å². The second kappa shape index (κ2) is 11.8. The minimum Gasteiger partial charge on any atom is -0.464 e. The van der Waals surface area contributed by atoms with E-state index in [1.807, 2.05) is 6.92 Å². The average molecular weight is 418 g/mol. The summed E-state index contributed by atoms with van der Waals surface area (Å²) < 4.78 is 8.70. The molecule has 9 heteroatoms. The Hall–Kier alpha value is -1.90. The monoisotopic (exact) mass is 417 g/mol. The molecule has 1 N–H and O–H groups in total. The molecule has 0 heterocycles. The van der Waals surface area contributed by atoms with Gasteiger partial charge in [-0.25, -0.2) is 9.59 Å². The van der Waals surface area contributed by atoms with Crippen LogP contribution in [0.5, 0.6) is 0 Å². The number of hydrogen-bond acceptors (Lipinski definition) is 8. The Morgan fingerprint density at radius 3 is 2.07 bits per heavy atom. The van der Waals surface area contributed by atoms with Crippen LogP contribution in [0.15, 0.2) is 0 Å². The van der Waals surface area contributed by atoms with Crippen LogP contribution in [0, 0.1) is 5.92 Å². The van der Waals surface area contributed by atoms with Gasteiger partial charge in [0, 0.05) is 10.7 Å². The molecule has 0 saturated heterocycles. The zero-order valence-electron chi connectivity index (χ0n) is 17.6. The minimum atomic E-state index is -1.10. The zero-order chi connectivity index (χ0) is 22.1. The first-order valence-electron chi connectivity index (χ1n) is 9.28. The number of carbonyl (C=O) groups is 5. The van der Waals surface area contributed by atoms with Gasteiger partial charge in [0.2, 0.25) is 11.7 Å². The number of rotatable bonds is 11. The van der Waals surface area contributed by atoms with Crippen molar-refractivity contribution in [3.8, 4) is 0 Å². The van der Waals surface area contributed by atoms with Crippen molar-refractivity contribution in [3.05, 3.63) is 0 Å². The van der Waals surface area contributed by atoms with Crippen molar-refractivity contribution in [2.75, 3.05) is 6.61 Å². The van der Waals surface area contributed by atoms with Crippen LogP contribution >= 0.6 is 11.8 Å². The smallest absolute Gasteiger partial charge is 0.375 e. The molecule has 0 aliphatic carbocycles. The lowest BCUT2D eigenvalue weighted by Gasteiger charge is -2.32. The Morgan fingerprint density at radius 2 is 1.61 bits per heavy atom. The molecular weight excluding hydrogens is 386 g/mol. The van der Waals surface area contributed by atoms with E-state index in [4.69, 9.17) is 9.47 Å². The van der Waals surface area contributed by atoms with Gasteiger partial charge in [0.25, 0.3) is 0 Å². The standard InChI is InChI=1S/C19H31NO7S/c1-8-12(5)16(23)20-15(18(25)26-9-2)19(6,7)28-14(22)10-13(21)17(24)27-11(3)4/h11-12,15H,8-10H2,1-7H3,(H,20,23). The maximum atomic E-state index is 12.4. The van der Waals surface area contributed by atoms with Crippen molar-refractivity contribution in [2.45, 2.75) is 78.2 Å². The summed E-state index contributed by atoms with van der Waals surface area (Å²) in [7, 11) is 0. The summed E-state index contributed by atoms with van der Waals surface area (Å²) in [5.74, 6) is -3.36. The van der Waals surface area contributed by atoms with Gasteiger partial charge in [-0.3, -0.25) is 14.4 Å². The number of nitrogens with one attached hydrogen (secondary N) is 1. The van der Waals surface area contributed by atoms with Gasteiger partial charge >= 0.3 is 11.9 Å². The molecule has 0 saturated carbocycles. The third-order valence-corrected chi connectivity index (χ3v) is 4.95. The molecule has 0 aromatic heterocycles. The summed E-state index contributed by atoms with van der Waals surface area (Å²) >= 11 is 0.707. The molecule has 0 aliphatic rings. The highest BCUT2D eigenvalue weighted by Crippen LogP contribution is 2.31. The summed E-state index contributed by atoms with van der Waals surface area (Å²) in [6, 6.07) is -1.10. The fourth-order valence-corrected chi connectivity index (χ4v) is 3.15. The summed E-state index contributed by atoms with van der Waals surface area (Å²) in [4.78, 5) is 60.3. The lowest BCUT2D eigenvalue weighted by Crippen LogP contribution is -2.54. The van der Waals surface area contributed by atoms with Crippen molar-refractivity contribution < 1.29 is 33.4 Å². The number of esters is 2. The fraction of sp³-hybridized carbons (Fsp3) is 0.737. The molecule has 0 fully saturated rings. The van der Waals surface area contributed by atoms with Crippen LogP contribution < -0.4 is 5.32 Å².